The van der Waals surface area contributed by atoms with E-state index in [1.54, 1.807) is 6.08 Å². The number of nitrogens with two attached hydrogens (primary N) is 2. The molecule has 1 aromatic carbocycles. The Bertz CT molecular complexity index is 1170. The third-order valence-corrected chi connectivity index (χ3v) is 6.77. The lowest BCUT2D eigenvalue weighted by molar-refractivity contribution is 0.658. The molecule has 2 unspecified atom stereocenters. The number of aliphatic imine (C=N–C) groups is 1. The second kappa shape index (κ2) is 6.88. The van der Waals surface area contributed by atoms with Gasteiger partial charge in [-0.25, -0.2) is 0 Å². The Morgan fingerprint density at radius 2 is 1.97 bits per heavy atom. The van der Waals surface area contributed by atoms with E-state index in [9.17, 15) is 0 Å². The van der Waals surface area contributed by atoms with E-state index in [2.05, 4.69) is 56.0 Å². The average molecular weight is 394 g/mol. The highest BCUT2D eigenvalue weighted by atomic mass is 14.9. The lowest BCUT2D eigenvalue weighted by Crippen LogP contribution is -2.28. The van der Waals surface area contributed by atoms with Crippen molar-refractivity contribution in [1.29, 1.82) is 0 Å². The van der Waals surface area contributed by atoms with Crippen molar-refractivity contribution >= 4 is 11.9 Å². The summed E-state index contributed by atoms with van der Waals surface area (Å²) in [5, 5.41) is 0. The average Bonchev–Trinajstić information content (AvgIpc) is 2.98. The van der Waals surface area contributed by atoms with Crippen LogP contribution in [0.5, 0.6) is 0 Å². The summed E-state index contributed by atoms with van der Waals surface area (Å²) in [5.74, 6) is 0.277. The molecule has 0 aliphatic heterocycles. The first-order valence-corrected chi connectivity index (χ1v) is 10.6. The molecule has 0 spiro atoms. The van der Waals surface area contributed by atoms with Crippen LogP contribution in [0.4, 0.5) is 0 Å². The summed E-state index contributed by atoms with van der Waals surface area (Å²) in [6.07, 6.45) is 17.2. The summed E-state index contributed by atoms with van der Waals surface area (Å²) in [5.41, 5.74) is 23.2. The third-order valence-electron chi connectivity index (χ3n) is 6.77. The van der Waals surface area contributed by atoms with Crippen LogP contribution in [-0.4, -0.2) is 11.8 Å². The van der Waals surface area contributed by atoms with Gasteiger partial charge >= 0.3 is 0 Å². The van der Waals surface area contributed by atoms with Gasteiger partial charge in [0.2, 0.25) is 0 Å². The second-order valence-electron chi connectivity index (χ2n) is 8.56. The van der Waals surface area contributed by atoms with E-state index in [1.165, 1.54) is 39.0 Å². The van der Waals surface area contributed by atoms with Gasteiger partial charge in [0.15, 0.2) is 0 Å². The molecule has 0 saturated heterocycles. The topological polar surface area (TPSA) is 64.4 Å². The first-order chi connectivity index (χ1) is 14.5. The van der Waals surface area contributed by atoms with Gasteiger partial charge in [0.25, 0.3) is 0 Å². The van der Waals surface area contributed by atoms with Crippen LogP contribution in [0.1, 0.15) is 30.9 Å². The Morgan fingerprint density at radius 3 is 2.80 bits per heavy atom. The number of benzene rings is 1. The Hall–Kier alpha value is -3.33. The van der Waals surface area contributed by atoms with E-state index in [-0.39, 0.29) is 5.92 Å². The minimum absolute atomic E-state index is 0.277. The molecular formula is C27H27N3. The third kappa shape index (κ3) is 2.69. The Balaban J connectivity index is 1.69. The van der Waals surface area contributed by atoms with E-state index >= 15 is 0 Å². The molecule has 3 heteroatoms. The molecule has 0 saturated carbocycles. The number of nitrogens with zero attached hydrogens (tertiary/aromatic N) is 1. The molecule has 5 rings (SSSR count). The molecule has 0 bridgehead atoms. The highest BCUT2D eigenvalue weighted by Crippen LogP contribution is 2.54. The normalized spacial score (nSPS) is 27.4. The second-order valence-corrected chi connectivity index (χ2v) is 8.56. The Kier molecular flexibility index (Phi) is 4.28. The van der Waals surface area contributed by atoms with Gasteiger partial charge in [-0.05, 0) is 77.8 Å². The van der Waals surface area contributed by atoms with Crippen LogP contribution in [0, 0.1) is 5.92 Å². The SMILES string of the molecule is C=C/C=C\C=NC1(C)C2=CC3Cc4ccccc4C(N)=C3C=C2C2=C1C=C(N)CC2. The zero-order chi connectivity index (χ0) is 20.9. The van der Waals surface area contributed by atoms with Crippen LogP contribution in [-0.2, 0) is 6.42 Å². The number of hydrogen-bond acceptors (Lipinski definition) is 3. The minimum Gasteiger partial charge on any atom is -0.402 e. The Labute approximate surface area is 178 Å². The number of allylic oxidation sites excluding steroid dienone is 8. The summed E-state index contributed by atoms with van der Waals surface area (Å²) in [4.78, 5) is 5.02. The van der Waals surface area contributed by atoms with Crippen LogP contribution in [0.3, 0.4) is 0 Å². The van der Waals surface area contributed by atoms with Gasteiger partial charge in [-0.2, -0.15) is 0 Å². The highest BCUT2D eigenvalue weighted by molar-refractivity contribution is 5.81. The van der Waals surface area contributed by atoms with Gasteiger partial charge in [0.05, 0.1) is 0 Å². The summed E-state index contributed by atoms with van der Waals surface area (Å²) < 4.78 is 0. The van der Waals surface area contributed by atoms with Gasteiger partial charge in [-0.15, -0.1) is 0 Å². The molecule has 3 nitrogen and oxygen atoms in total. The van der Waals surface area contributed by atoms with E-state index < -0.39 is 5.54 Å². The molecule has 150 valence electrons. The Morgan fingerprint density at radius 1 is 1.13 bits per heavy atom. The highest BCUT2D eigenvalue weighted by Gasteiger charge is 2.46. The fourth-order valence-corrected chi connectivity index (χ4v) is 5.26. The number of hydrogen-bond donors (Lipinski definition) is 2. The minimum atomic E-state index is -0.436. The van der Waals surface area contributed by atoms with Gasteiger partial charge in [0, 0.05) is 29.1 Å². The molecule has 0 radical (unpaired) electrons. The molecule has 1 aromatic rings. The molecule has 2 atom stereocenters. The lowest BCUT2D eigenvalue weighted by Gasteiger charge is -2.32. The van der Waals surface area contributed by atoms with Crippen molar-refractivity contribution < 1.29 is 0 Å². The summed E-state index contributed by atoms with van der Waals surface area (Å²) in [6, 6.07) is 8.49. The molecule has 4 aliphatic rings. The molecule has 4 aliphatic carbocycles. The monoisotopic (exact) mass is 393 g/mol. The molecule has 0 fully saturated rings. The van der Waals surface area contributed by atoms with E-state index in [4.69, 9.17) is 16.5 Å². The first-order valence-electron chi connectivity index (χ1n) is 10.6. The van der Waals surface area contributed by atoms with E-state index in [0.29, 0.717) is 0 Å². The van der Waals surface area contributed by atoms with Crippen molar-refractivity contribution in [3.63, 3.8) is 0 Å². The predicted molar refractivity (Wildman–Crippen MR) is 126 cm³/mol. The van der Waals surface area contributed by atoms with Crippen LogP contribution >= 0.6 is 0 Å². The summed E-state index contributed by atoms with van der Waals surface area (Å²) >= 11 is 0. The number of fused-ring (bicyclic) bond motifs is 4. The van der Waals surface area contributed by atoms with Crippen molar-refractivity contribution in [2.45, 2.75) is 31.7 Å². The van der Waals surface area contributed by atoms with Gasteiger partial charge in [0.1, 0.15) is 5.54 Å². The molecular weight excluding hydrogens is 366 g/mol. The maximum absolute atomic E-state index is 6.66. The van der Waals surface area contributed by atoms with Crippen LogP contribution < -0.4 is 11.5 Å². The van der Waals surface area contributed by atoms with E-state index in [0.717, 1.165) is 30.7 Å². The lowest BCUT2D eigenvalue weighted by atomic mass is 9.74. The van der Waals surface area contributed by atoms with Crippen LogP contribution in [0.15, 0.2) is 106 Å². The predicted octanol–water partition coefficient (Wildman–Crippen LogP) is 4.91. The zero-order valence-corrected chi connectivity index (χ0v) is 17.4. The van der Waals surface area contributed by atoms with Crippen molar-refractivity contribution in [1.82, 2.24) is 0 Å². The number of rotatable bonds is 3. The van der Waals surface area contributed by atoms with Gasteiger partial charge < -0.3 is 11.5 Å². The van der Waals surface area contributed by atoms with Crippen molar-refractivity contribution in [2.75, 3.05) is 0 Å². The zero-order valence-electron chi connectivity index (χ0n) is 17.4. The maximum Gasteiger partial charge on any atom is 0.108 e. The fraction of sp³-hybridized carbons (Fsp3) is 0.222. The smallest absolute Gasteiger partial charge is 0.108 e. The molecule has 0 aromatic heterocycles. The van der Waals surface area contributed by atoms with Crippen molar-refractivity contribution in [3.8, 4) is 0 Å². The maximum atomic E-state index is 6.66. The van der Waals surface area contributed by atoms with Crippen molar-refractivity contribution in [3.05, 3.63) is 112 Å². The van der Waals surface area contributed by atoms with Crippen molar-refractivity contribution in [2.24, 2.45) is 22.4 Å². The quantitative estimate of drug-likeness (QED) is 0.566. The van der Waals surface area contributed by atoms with Gasteiger partial charge in [-0.1, -0.05) is 49.1 Å². The van der Waals surface area contributed by atoms with Crippen LogP contribution in [0.25, 0.3) is 5.70 Å². The fourth-order valence-electron chi connectivity index (χ4n) is 5.26. The van der Waals surface area contributed by atoms with Gasteiger partial charge in [-0.3, -0.25) is 4.99 Å². The van der Waals surface area contributed by atoms with Crippen LogP contribution in [0.2, 0.25) is 0 Å². The summed E-state index contributed by atoms with van der Waals surface area (Å²) in [7, 11) is 0. The molecule has 4 N–H and O–H groups in total. The molecule has 0 heterocycles. The molecule has 0 amide bonds. The summed E-state index contributed by atoms with van der Waals surface area (Å²) in [6.45, 7) is 5.94. The largest absolute Gasteiger partial charge is 0.402 e. The molecule has 30 heavy (non-hydrogen) atoms. The van der Waals surface area contributed by atoms with E-state index in [1.807, 2.05) is 18.4 Å². The standard InChI is InChI=1S/C27H27N3/c1-3-4-7-12-30-27(2)24-14-18-13-17-8-5-6-9-20(17)26(29)22(18)16-23(24)21-11-10-19(28)15-25(21)27/h3-9,12,14-16,18H,1,10-11,13,28-29H2,2H3/b7-4-,30-12?. The first kappa shape index (κ1) is 18.7.